The van der Waals surface area contributed by atoms with Crippen LogP contribution in [0.15, 0.2) is 15.8 Å². The van der Waals surface area contributed by atoms with Gasteiger partial charge in [0.1, 0.15) is 0 Å². The molecular formula is C13H16N2O4. The summed E-state index contributed by atoms with van der Waals surface area (Å²) in [6.07, 6.45) is 7.41. The van der Waals surface area contributed by atoms with Gasteiger partial charge in [0.25, 0.3) is 5.56 Å². The van der Waals surface area contributed by atoms with Crippen LogP contribution in [-0.4, -0.2) is 33.0 Å². The van der Waals surface area contributed by atoms with E-state index in [0.29, 0.717) is 12.0 Å². The van der Waals surface area contributed by atoms with Crippen molar-refractivity contribution in [3.05, 3.63) is 32.6 Å². The first-order valence-corrected chi connectivity index (χ1v) is 6.04. The predicted octanol–water partition coefficient (Wildman–Crippen LogP) is -1.30. The van der Waals surface area contributed by atoms with Gasteiger partial charge in [0.2, 0.25) is 0 Å². The van der Waals surface area contributed by atoms with Gasteiger partial charge in [-0.3, -0.25) is 14.3 Å². The molecule has 0 saturated heterocycles. The maximum atomic E-state index is 11.7. The third kappa shape index (κ3) is 2.48. The smallest absolute Gasteiger partial charge is 0.328 e. The van der Waals surface area contributed by atoms with Crippen LogP contribution in [0.5, 0.6) is 0 Å². The lowest BCUT2D eigenvalue weighted by molar-refractivity contribution is 0.156. The largest absolute Gasteiger partial charge is 0.396 e. The highest BCUT2D eigenvalue weighted by Crippen LogP contribution is 2.52. The van der Waals surface area contributed by atoms with E-state index in [2.05, 4.69) is 10.9 Å². The Hall–Kier alpha value is -1.84. The molecule has 1 aromatic rings. The molecule has 1 aromatic heterocycles. The maximum absolute atomic E-state index is 11.7. The molecule has 0 bridgehead atoms. The molecule has 1 saturated carbocycles. The number of rotatable bonds is 5. The van der Waals surface area contributed by atoms with Crippen molar-refractivity contribution < 1.29 is 10.2 Å². The molecule has 1 aliphatic rings. The topological polar surface area (TPSA) is 95.3 Å². The van der Waals surface area contributed by atoms with E-state index >= 15 is 0 Å². The second kappa shape index (κ2) is 5.03. The number of nitrogens with one attached hydrogen (secondary N) is 1. The number of aromatic amines is 1. The Morgan fingerprint density at radius 3 is 2.79 bits per heavy atom. The Labute approximate surface area is 109 Å². The summed E-state index contributed by atoms with van der Waals surface area (Å²) in [5, 5.41) is 18.5. The molecule has 0 radical (unpaired) electrons. The van der Waals surface area contributed by atoms with Crippen LogP contribution in [-0.2, 0) is 13.0 Å². The van der Waals surface area contributed by atoms with Crippen LogP contribution in [0.1, 0.15) is 12.0 Å². The molecule has 0 amide bonds. The van der Waals surface area contributed by atoms with Crippen molar-refractivity contribution in [2.75, 3.05) is 13.2 Å². The first-order valence-electron chi connectivity index (χ1n) is 6.04. The van der Waals surface area contributed by atoms with E-state index in [9.17, 15) is 14.7 Å². The number of aromatic nitrogens is 2. The number of nitrogens with zero attached hydrogens (tertiary/aromatic N) is 1. The molecule has 3 N–H and O–H groups in total. The molecule has 6 heteroatoms. The molecule has 0 aromatic carbocycles. The highest BCUT2D eigenvalue weighted by Gasteiger charge is 2.53. The van der Waals surface area contributed by atoms with Crippen LogP contribution < -0.4 is 11.2 Å². The van der Waals surface area contributed by atoms with E-state index in [1.165, 1.54) is 10.8 Å². The third-order valence-electron chi connectivity index (χ3n) is 3.76. The summed E-state index contributed by atoms with van der Waals surface area (Å²) in [5.74, 6) is 2.35. The van der Waals surface area contributed by atoms with E-state index in [4.69, 9.17) is 11.5 Å². The SMILES string of the molecule is C#CCc1cn(CC2(CO)CC2CO)c(=O)[nH]c1=O. The van der Waals surface area contributed by atoms with Crippen molar-refractivity contribution in [2.45, 2.75) is 19.4 Å². The fourth-order valence-corrected chi connectivity index (χ4v) is 2.37. The number of terminal acetylenes is 1. The normalized spacial score (nSPS) is 25.0. The number of aliphatic hydroxyl groups excluding tert-OH is 2. The molecule has 2 atom stereocenters. The summed E-state index contributed by atoms with van der Waals surface area (Å²) in [5.41, 5.74) is -1.13. The summed E-state index contributed by atoms with van der Waals surface area (Å²) in [6, 6.07) is 0. The van der Waals surface area contributed by atoms with Gasteiger partial charge in [0, 0.05) is 36.7 Å². The van der Waals surface area contributed by atoms with Crippen molar-refractivity contribution in [1.29, 1.82) is 0 Å². The highest BCUT2D eigenvalue weighted by atomic mass is 16.3. The van der Waals surface area contributed by atoms with Gasteiger partial charge in [0.15, 0.2) is 0 Å². The van der Waals surface area contributed by atoms with Gasteiger partial charge in [-0.15, -0.1) is 12.3 Å². The molecule has 102 valence electrons. The highest BCUT2D eigenvalue weighted by molar-refractivity contribution is 5.13. The van der Waals surface area contributed by atoms with Crippen LogP contribution in [0, 0.1) is 23.7 Å². The molecule has 1 aliphatic carbocycles. The average Bonchev–Trinajstić information content (AvgIpc) is 3.09. The Morgan fingerprint density at radius 1 is 1.53 bits per heavy atom. The molecule has 1 heterocycles. The third-order valence-corrected chi connectivity index (χ3v) is 3.76. The number of hydrogen-bond acceptors (Lipinski definition) is 4. The molecule has 6 nitrogen and oxygen atoms in total. The van der Waals surface area contributed by atoms with E-state index in [-0.39, 0.29) is 32.1 Å². The second-order valence-electron chi connectivity index (χ2n) is 5.03. The van der Waals surface area contributed by atoms with Crippen LogP contribution in [0.2, 0.25) is 0 Å². The lowest BCUT2D eigenvalue weighted by atomic mass is 10.1. The van der Waals surface area contributed by atoms with Gasteiger partial charge < -0.3 is 10.2 Å². The Bertz CT molecular complexity index is 625. The van der Waals surface area contributed by atoms with Crippen molar-refractivity contribution >= 4 is 0 Å². The number of aliphatic hydroxyl groups is 2. The summed E-state index contributed by atoms with van der Waals surface area (Å²) < 4.78 is 1.35. The van der Waals surface area contributed by atoms with E-state index < -0.39 is 16.7 Å². The van der Waals surface area contributed by atoms with Crippen LogP contribution in [0.4, 0.5) is 0 Å². The minimum absolute atomic E-state index is 0.00703. The average molecular weight is 264 g/mol. The zero-order valence-electron chi connectivity index (χ0n) is 10.4. The zero-order valence-corrected chi connectivity index (χ0v) is 10.4. The minimum Gasteiger partial charge on any atom is -0.396 e. The molecule has 0 spiro atoms. The number of H-pyrrole nitrogens is 1. The molecule has 19 heavy (non-hydrogen) atoms. The van der Waals surface area contributed by atoms with Crippen molar-refractivity contribution in [3.8, 4) is 12.3 Å². The van der Waals surface area contributed by atoms with Crippen molar-refractivity contribution in [1.82, 2.24) is 9.55 Å². The maximum Gasteiger partial charge on any atom is 0.328 e. The fourth-order valence-electron chi connectivity index (χ4n) is 2.37. The van der Waals surface area contributed by atoms with Gasteiger partial charge in [-0.2, -0.15) is 0 Å². The standard InChI is InChI=1S/C13H16N2O4/c1-2-3-9-5-15(12(19)14-11(9)18)7-13(8-17)4-10(13)6-16/h1,5,10,16-17H,3-4,6-8H2,(H,14,18,19). The summed E-state index contributed by atoms with van der Waals surface area (Å²) >= 11 is 0. The van der Waals surface area contributed by atoms with E-state index in [1.807, 2.05) is 0 Å². The fraction of sp³-hybridized carbons (Fsp3) is 0.538. The summed E-state index contributed by atoms with van der Waals surface area (Å²) in [7, 11) is 0. The van der Waals surface area contributed by atoms with Crippen LogP contribution in [0.3, 0.4) is 0 Å². The minimum atomic E-state index is -0.526. The van der Waals surface area contributed by atoms with Gasteiger partial charge >= 0.3 is 5.69 Å². The second-order valence-corrected chi connectivity index (χ2v) is 5.03. The quantitative estimate of drug-likeness (QED) is 0.576. The first kappa shape index (κ1) is 13.6. The molecule has 2 rings (SSSR count). The Balaban J connectivity index is 2.31. The summed E-state index contributed by atoms with van der Waals surface area (Å²) in [4.78, 5) is 25.4. The van der Waals surface area contributed by atoms with Gasteiger partial charge in [-0.1, -0.05) is 0 Å². The van der Waals surface area contributed by atoms with Crippen LogP contribution in [0.25, 0.3) is 0 Å². The van der Waals surface area contributed by atoms with Crippen molar-refractivity contribution in [2.24, 2.45) is 11.3 Å². The Morgan fingerprint density at radius 2 is 2.26 bits per heavy atom. The molecular weight excluding hydrogens is 248 g/mol. The first-order chi connectivity index (χ1) is 9.06. The van der Waals surface area contributed by atoms with Gasteiger partial charge in [-0.05, 0) is 12.3 Å². The zero-order chi connectivity index (χ0) is 14.0. The van der Waals surface area contributed by atoms with Crippen LogP contribution >= 0.6 is 0 Å². The summed E-state index contributed by atoms with van der Waals surface area (Å²) in [6.45, 7) is 0.145. The van der Waals surface area contributed by atoms with Gasteiger partial charge in [-0.25, -0.2) is 4.79 Å². The number of hydrogen-bond donors (Lipinski definition) is 3. The predicted molar refractivity (Wildman–Crippen MR) is 68.6 cm³/mol. The lowest BCUT2D eigenvalue weighted by Gasteiger charge is -2.15. The van der Waals surface area contributed by atoms with Gasteiger partial charge in [0.05, 0.1) is 6.61 Å². The monoisotopic (exact) mass is 264 g/mol. The van der Waals surface area contributed by atoms with E-state index in [1.54, 1.807) is 0 Å². The molecule has 2 unspecified atom stereocenters. The lowest BCUT2D eigenvalue weighted by Crippen LogP contribution is -2.35. The Kier molecular flexibility index (Phi) is 3.60. The van der Waals surface area contributed by atoms with E-state index in [0.717, 1.165) is 0 Å². The van der Waals surface area contributed by atoms with Crippen molar-refractivity contribution in [3.63, 3.8) is 0 Å². The molecule has 1 fully saturated rings. The molecule has 0 aliphatic heterocycles.